The van der Waals surface area contributed by atoms with Gasteiger partial charge in [0.1, 0.15) is 5.75 Å². The smallest absolute Gasteiger partial charge is 0.317 e. The number of nitrogens with zero attached hydrogens (tertiary/aromatic N) is 3. The first-order chi connectivity index (χ1) is 17.9. The highest BCUT2D eigenvalue weighted by Gasteiger charge is 2.30. The number of piperidine rings is 1. The third kappa shape index (κ3) is 7.09. The van der Waals surface area contributed by atoms with Crippen molar-refractivity contribution in [1.82, 2.24) is 20.0 Å². The molecular formula is C28H36Cl2N4O3. The monoisotopic (exact) mass is 546 g/mol. The lowest BCUT2D eigenvalue weighted by atomic mass is 9.93. The molecule has 2 fully saturated rings. The summed E-state index contributed by atoms with van der Waals surface area (Å²) in [5.74, 6) is 0.790. The number of rotatable bonds is 9. The molecule has 2 saturated heterocycles. The number of nitrogens with one attached hydrogen (secondary N) is 1. The molecule has 2 heterocycles. The minimum Gasteiger partial charge on any atom is -0.497 e. The molecular weight excluding hydrogens is 511 g/mol. The number of urea groups is 1. The maximum Gasteiger partial charge on any atom is 0.317 e. The average Bonchev–Trinajstić information content (AvgIpc) is 2.92. The van der Waals surface area contributed by atoms with Crippen molar-refractivity contribution in [2.45, 2.75) is 37.6 Å². The number of carbonyl (C=O) groups excluding carboxylic acids is 2. The van der Waals surface area contributed by atoms with Crippen LogP contribution in [0.1, 0.15) is 47.5 Å². The number of likely N-dealkylation sites (tertiary alicyclic amines) is 1. The number of likely N-dealkylation sites (N-methyl/N-ethyl adjacent to an activating group) is 1. The minimum absolute atomic E-state index is 0.0339. The predicted molar refractivity (Wildman–Crippen MR) is 148 cm³/mol. The second-order valence-electron chi connectivity index (χ2n) is 9.93. The van der Waals surface area contributed by atoms with Crippen molar-refractivity contribution < 1.29 is 14.3 Å². The van der Waals surface area contributed by atoms with E-state index in [2.05, 4.69) is 10.2 Å². The number of ether oxygens (including phenoxy) is 1. The maximum atomic E-state index is 13.1. The summed E-state index contributed by atoms with van der Waals surface area (Å²) in [6.45, 7) is 5.03. The molecule has 0 aliphatic carbocycles. The van der Waals surface area contributed by atoms with Crippen molar-refractivity contribution in [3.63, 3.8) is 0 Å². The van der Waals surface area contributed by atoms with Crippen LogP contribution in [-0.2, 0) is 0 Å². The van der Waals surface area contributed by atoms with Gasteiger partial charge in [0.2, 0.25) is 0 Å². The van der Waals surface area contributed by atoms with Crippen molar-refractivity contribution in [1.29, 1.82) is 0 Å². The first-order valence-corrected chi connectivity index (χ1v) is 13.7. The van der Waals surface area contributed by atoms with Crippen LogP contribution in [0.25, 0.3) is 0 Å². The van der Waals surface area contributed by atoms with Crippen LogP contribution in [0.3, 0.4) is 0 Å². The normalized spacial score (nSPS) is 17.8. The molecule has 2 aromatic carbocycles. The standard InChI is InChI=1S/C28H36Cl2N4O3/c1-32(27(35)20-4-7-24(37-2)8-5-20)19-22(21-6-9-25(29)26(30)18-21)10-15-33-16-11-23(12-17-33)34-14-3-13-31-28(34)36/h4-9,18,22-23H,3,10-17,19H2,1-2H3,(H,31,36)/t22-/m1/s1. The molecule has 2 aliphatic heterocycles. The first-order valence-electron chi connectivity index (χ1n) is 13.0. The topological polar surface area (TPSA) is 65.1 Å². The Morgan fingerprint density at radius 1 is 1.11 bits per heavy atom. The summed E-state index contributed by atoms with van der Waals surface area (Å²) in [6, 6.07) is 13.3. The molecule has 0 spiro atoms. The molecule has 9 heteroatoms. The molecule has 3 amide bonds. The molecule has 0 aromatic heterocycles. The van der Waals surface area contributed by atoms with Crippen LogP contribution in [0.2, 0.25) is 10.0 Å². The van der Waals surface area contributed by atoms with Crippen molar-refractivity contribution in [2.24, 2.45) is 0 Å². The molecule has 0 unspecified atom stereocenters. The minimum atomic E-state index is -0.0339. The largest absolute Gasteiger partial charge is 0.497 e. The fourth-order valence-electron chi connectivity index (χ4n) is 5.29. The van der Waals surface area contributed by atoms with E-state index >= 15 is 0 Å². The Balaban J connectivity index is 1.38. The lowest BCUT2D eigenvalue weighted by Crippen LogP contribution is -2.54. The third-order valence-corrected chi connectivity index (χ3v) is 8.24. The van der Waals surface area contributed by atoms with Crippen LogP contribution in [-0.4, -0.2) is 86.1 Å². The molecule has 7 nitrogen and oxygen atoms in total. The fraction of sp³-hybridized carbons (Fsp3) is 0.500. The highest BCUT2D eigenvalue weighted by Crippen LogP contribution is 2.30. The molecule has 0 radical (unpaired) electrons. The van der Waals surface area contributed by atoms with E-state index in [-0.39, 0.29) is 17.9 Å². The molecule has 0 bridgehead atoms. The van der Waals surface area contributed by atoms with Crippen LogP contribution in [0.5, 0.6) is 5.75 Å². The number of hydrogen-bond acceptors (Lipinski definition) is 4. The summed E-state index contributed by atoms with van der Waals surface area (Å²) in [7, 11) is 3.45. The van der Waals surface area contributed by atoms with E-state index < -0.39 is 0 Å². The summed E-state index contributed by atoms with van der Waals surface area (Å²) in [5, 5.41) is 4.01. The maximum absolute atomic E-state index is 13.1. The first kappa shape index (κ1) is 27.6. The lowest BCUT2D eigenvalue weighted by Gasteiger charge is -2.40. The molecule has 2 aliphatic rings. The lowest BCUT2D eigenvalue weighted by molar-refractivity contribution is 0.0778. The van der Waals surface area contributed by atoms with Crippen molar-refractivity contribution in [3.8, 4) is 5.75 Å². The van der Waals surface area contributed by atoms with Crippen LogP contribution in [0.4, 0.5) is 4.79 Å². The summed E-state index contributed by atoms with van der Waals surface area (Å²) in [4.78, 5) is 31.6. The van der Waals surface area contributed by atoms with E-state index in [1.807, 2.05) is 30.1 Å². The van der Waals surface area contributed by atoms with E-state index in [9.17, 15) is 9.59 Å². The SMILES string of the molecule is COc1ccc(C(=O)N(C)C[C@@H](CCN2CCC(N3CCCNC3=O)CC2)c2ccc(Cl)c(Cl)c2)cc1. The van der Waals surface area contributed by atoms with Crippen LogP contribution >= 0.6 is 23.2 Å². The zero-order chi connectivity index (χ0) is 26.4. The van der Waals surface area contributed by atoms with Crippen molar-refractivity contribution in [3.05, 3.63) is 63.6 Å². The average molecular weight is 548 g/mol. The Kier molecular flexibility index (Phi) is 9.57. The molecule has 2 aromatic rings. The van der Waals surface area contributed by atoms with Crippen LogP contribution in [0, 0.1) is 0 Å². The number of benzene rings is 2. The zero-order valence-electron chi connectivity index (χ0n) is 21.6. The van der Waals surface area contributed by atoms with Gasteiger partial charge in [-0.2, -0.15) is 0 Å². The summed E-state index contributed by atoms with van der Waals surface area (Å²) in [5.41, 5.74) is 1.70. The Morgan fingerprint density at radius 2 is 1.84 bits per heavy atom. The molecule has 1 atom stereocenters. The molecule has 4 rings (SSSR count). The Hall–Kier alpha value is -2.48. The zero-order valence-corrected chi connectivity index (χ0v) is 23.1. The van der Waals surface area contributed by atoms with Gasteiger partial charge in [0.25, 0.3) is 5.91 Å². The van der Waals surface area contributed by atoms with E-state index in [1.165, 1.54) is 0 Å². The number of halogens is 2. The molecule has 200 valence electrons. The number of hydrogen-bond donors (Lipinski definition) is 1. The van der Waals surface area contributed by atoms with Gasteiger partial charge in [-0.25, -0.2) is 4.79 Å². The van der Waals surface area contributed by atoms with Crippen molar-refractivity contribution in [2.75, 3.05) is 53.4 Å². The van der Waals surface area contributed by atoms with Gasteiger partial charge in [0.15, 0.2) is 0 Å². The number of carbonyl (C=O) groups is 2. The van der Waals surface area contributed by atoms with Gasteiger partial charge in [-0.15, -0.1) is 0 Å². The van der Waals surface area contributed by atoms with Gasteiger partial charge < -0.3 is 24.8 Å². The quantitative estimate of drug-likeness (QED) is 0.473. The third-order valence-electron chi connectivity index (χ3n) is 7.50. The fourth-order valence-corrected chi connectivity index (χ4v) is 5.59. The van der Waals surface area contributed by atoms with E-state index in [1.54, 1.807) is 36.3 Å². The van der Waals surface area contributed by atoms with Gasteiger partial charge in [-0.1, -0.05) is 29.3 Å². The highest BCUT2D eigenvalue weighted by atomic mass is 35.5. The Bertz CT molecular complexity index is 1070. The number of amides is 3. The van der Waals surface area contributed by atoms with E-state index in [0.29, 0.717) is 28.2 Å². The Labute approximate surface area is 229 Å². The van der Waals surface area contributed by atoms with E-state index in [4.69, 9.17) is 27.9 Å². The second-order valence-corrected chi connectivity index (χ2v) is 10.7. The van der Waals surface area contributed by atoms with Gasteiger partial charge in [-0.3, -0.25) is 4.79 Å². The van der Waals surface area contributed by atoms with Crippen LogP contribution in [0.15, 0.2) is 42.5 Å². The van der Waals surface area contributed by atoms with Gasteiger partial charge in [-0.05, 0) is 74.2 Å². The highest BCUT2D eigenvalue weighted by molar-refractivity contribution is 6.42. The van der Waals surface area contributed by atoms with E-state index in [0.717, 1.165) is 69.7 Å². The summed E-state index contributed by atoms with van der Waals surface area (Å²) >= 11 is 12.5. The Morgan fingerprint density at radius 3 is 2.49 bits per heavy atom. The van der Waals surface area contributed by atoms with Gasteiger partial charge in [0.05, 0.1) is 17.2 Å². The molecule has 0 saturated carbocycles. The predicted octanol–water partition coefficient (Wildman–Crippen LogP) is 5.13. The molecule has 37 heavy (non-hydrogen) atoms. The molecule has 1 N–H and O–H groups in total. The summed E-state index contributed by atoms with van der Waals surface area (Å²) in [6.07, 6.45) is 3.87. The summed E-state index contributed by atoms with van der Waals surface area (Å²) < 4.78 is 5.21. The van der Waals surface area contributed by atoms with Gasteiger partial charge in [0, 0.05) is 57.3 Å². The van der Waals surface area contributed by atoms with Crippen LogP contribution < -0.4 is 10.1 Å². The number of methoxy groups -OCH3 is 1. The second kappa shape index (κ2) is 12.9. The van der Waals surface area contributed by atoms with Gasteiger partial charge >= 0.3 is 6.03 Å². The van der Waals surface area contributed by atoms with Crippen molar-refractivity contribution >= 4 is 35.1 Å².